The maximum Gasteiger partial charge on any atom is 0.410 e. The molecule has 1 saturated heterocycles. The summed E-state index contributed by atoms with van der Waals surface area (Å²) in [5, 5.41) is 2.90. The van der Waals surface area contributed by atoms with Gasteiger partial charge in [0.25, 0.3) is 0 Å². The van der Waals surface area contributed by atoms with Gasteiger partial charge in [-0.2, -0.15) is 0 Å². The van der Waals surface area contributed by atoms with Crippen molar-refractivity contribution >= 4 is 17.7 Å². The average Bonchev–Trinajstić information content (AvgIpc) is 2.54. The normalized spacial score (nSPS) is 15.6. The van der Waals surface area contributed by atoms with Crippen molar-refractivity contribution in [2.45, 2.75) is 45.6 Å². The molecule has 1 N–H and O–H groups in total. The molecule has 0 saturated carbocycles. The van der Waals surface area contributed by atoms with Gasteiger partial charge in [0, 0.05) is 31.3 Å². The van der Waals surface area contributed by atoms with Crippen LogP contribution in [0.1, 0.15) is 40.0 Å². The van der Waals surface area contributed by atoms with E-state index in [9.17, 15) is 9.59 Å². The average molecular weight is 348 g/mol. The Balaban J connectivity index is 1.77. The van der Waals surface area contributed by atoms with Gasteiger partial charge in [-0.05, 0) is 51.7 Å². The van der Waals surface area contributed by atoms with E-state index >= 15 is 0 Å². The zero-order chi connectivity index (χ0) is 18.4. The Bertz CT molecular complexity index is 602. The highest BCUT2D eigenvalue weighted by Gasteiger charge is 2.27. The predicted molar refractivity (Wildman–Crippen MR) is 96.8 cm³/mol. The lowest BCUT2D eigenvalue weighted by Gasteiger charge is -2.33. The molecule has 1 aliphatic heterocycles. The summed E-state index contributed by atoms with van der Waals surface area (Å²) in [7, 11) is 1.60. The molecule has 138 valence electrons. The Labute approximate surface area is 149 Å². The number of amides is 2. The molecule has 1 fully saturated rings. The summed E-state index contributed by atoms with van der Waals surface area (Å²) in [4.78, 5) is 26.0. The number of carbonyl (C=O) groups is 2. The minimum absolute atomic E-state index is 0.0102. The van der Waals surface area contributed by atoms with Crippen LogP contribution in [0.3, 0.4) is 0 Å². The van der Waals surface area contributed by atoms with Crippen LogP contribution in [-0.2, 0) is 9.53 Å². The number of nitrogens with zero attached hydrogens (tertiary/aromatic N) is 1. The lowest BCUT2D eigenvalue weighted by Crippen LogP contribution is -2.42. The van der Waals surface area contributed by atoms with E-state index in [-0.39, 0.29) is 17.9 Å². The number of nitrogens with one attached hydrogen (secondary N) is 1. The van der Waals surface area contributed by atoms with E-state index in [0.717, 1.165) is 18.5 Å². The van der Waals surface area contributed by atoms with E-state index in [1.807, 2.05) is 39.0 Å². The predicted octanol–water partition coefficient (Wildman–Crippen LogP) is 3.67. The van der Waals surface area contributed by atoms with Crippen molar-refractivity contribution in [3.05, 3.63) is 24.3 Å². The first-order valence-electron chi connectivity index (χ1n) is 8.68. The van der Waals surface area contributed by atoms with E-state index in [4.69, 9.17) is 9.47 Å². The van der Waals surface area contributed by atoms with Crippen LogP contribution in [-0.4, -0.2) is 42.7 Å². The van der Waals surface area contributed by atoms with Crippen molar-refractivity contribution in [1.29, 1.82) is 0 Å². The third-order valence-corrected chi connectivity index (χ3v) is 4.09. The largest absolute Gasteiger partial charge is 0.497 e. The zero-order valence-corrected chi connectivity index (χ0v) is 15.5. The smallest absolute Gasteiger partial charge is 0.410 e. The molecule has 1 aromatic rings. The minimum atomic E-state index is -0.482. The number of rotatable bonds is 4. The second-order valence-corrected chi connectivity index (χ2v) is 7.40. The third-order valence-electron chi connectivity index (χ3n) is 4.09. The van der Waals surface area contributed by atoms with Gasteiger partial charge in [-0.1, -0.05) is 6.07 Å². The second kappa shape index (κ2) is 8.23. The molecule has 0 radical (unpaired) electrons. The molecule has 1 heterocycles. The van der Waals surface area contributed by atoms with Gasteiger partial charge < -0.3 is 19.7 Å². The molecule has 0 spiro atoms. The van der Waals surface area contributed by atoms with Crippen molar-refractivity contribution in [2.75, 3.05) is 25.5 Å². The van der Waals surface area contributed by atoms with Gasteiger partial charge in [-0.3, -0.25) is 4.79 Å². The molecule has 2 rings (SSSR count). The van der Waals surface area contributed by atoms with Crippen LogP contribution in [0.4, 0.5) is 10.5 Å². The van der Waals surface area contributed by atoms with E-state index in [0.29, 0.717) is 25.3 Å². The number of carbonyl (C=O) groups excluding carboxylic acids is 2. The van der Waals surface area contributed by atoms with Crippen LogP contribution in [0.2, 0.25) is 0 Å². The van der Waals surface area contributed by atoms with Gasteiger partial charge in [0.05, 0.1) is 7.11 Å². The van der Waals surface area contributed by atoms with Crippen molar-refractivity contribution in [1.82, 2.24) is 4.90 Å². The maximum absolute atomic E-state index is 12.2. The SMILES string of the molecule is COc1cccc(NC(=O)CC2CCN(C(=O)OC(C)(C)C)CC2)c1. The maximum atomic E-state index is 12.2. The highest BCUT2D eigenvalue weighted by atomic mass is 16.6. The number of hydrogen-bond donors (Lipinski definition) is 1. The van der Waals surface area contributed by atoms with E-state index in [1.54, 1.807) is 18.1 Å². The monoisotopic (exact) mass is 348 g/mol. The fourth-order valence-electron chi connectivity index (χ4n) is 2.82. The molecule has 25 heavy (non-hydrogen) atoms. The topological polar surface area (TPSA) is 67.9 Å². The van der Waals surface area contributed by atoms with Gasteiger partial charge in [0.15, 0.2) is 0 Å². The van der Waals surface area contributed by atoms with Gasteiger partial charge in [-0.15, -0.1) is 0 Å². The van der Waals surface area contributed by atoms with Gasteiger partial charge in [0.2, 0.25) is 5.91 Å². The lowest BCUT2D eigenvalue weighted by molar-refractivity contribution is -0.117. The molecule has 2 amide bonds. The molecular formula is C19H28N2O4. The summed E-state index contributed by atoms with van der Waals surface area (Å²) in [6.07, 6.45) is 1.81. The van der Waals surface area contributed by atoms with Crippen molar-refractivity contribution in [3.63, 3.8) is 0 Å². The van der Waals surface area contributed by atoms with Crippen molar-refractivity contribution in [2.24, 2.45) is 5.92 Å². The Hall–Kier alpha value is -2.24. The lowest BCUT2D eigenvalue weighted by atomic mass is 9.93. The van der Waals surface area contributed by atoms with Gasteiger partial charge in [-0.25, -0.2) is 4.79 Å². The number of ether oxygens (including phenoxy) is 2. The summed E-state index contributed by atoms with van der Waals surface area (Å²) in [5.41, 5.74) is 0.250. The Kier molecular flexibility index (Phi) is 6.28. The summed E-state index contributed by atoms with van der Waals surface area (Å²) < 4.78 is 10.5. The first kappa shape index (κ1) is 19.1. The number of likely N-dealkylation sites (tertiary alicyclic amines) is 1. The molecule has 1 aliphatic rings. The summed E-state index contributed by atoms with van der Waals surface area (Å²) >= 11 is 0. The highest BCUT2D eigenvalue weighted by molar-refractivity contribution is 5.91. The number of piperidine rings is 1. The van der Waals surface area contributed by atoms with E-state index in [2.05, 4.69) is 5.32 Å². The minimum Gasteiger partial charge on any atom is -0.497 e. The zero-order valence-electron chi connectivity index (χ0n) is 15.5. The number of methoxy groups -OCH3 is 1. The number of benzene rings is 1. The Morgan fingerprint density at radius 3 is 2.52 bits per heavy atom. The first-order valence-corrected chi connectivity index (χ1v) is 8.68. The molecule has 0 bridgehead atoms. The number of hydrogen-bond acceptors (Lipinski definition) is 4. The van der Waals surface area contributed by atoms with Crippen LogP contribution >= 0.6 is 0 Å². The quantitative estimate of drug-likeness (QED) is 0.901. The van der Waals surface area contributed by atoms with Crippen LogP contribution in [0, 0.1) is 5.92 Å². The molecule has 6 nitrogen and oxygen atoms in total. The molecule has 0 atom stereocenters. The van der Waals surface area contributed by atoms with Crippen molar-refractivity contribution in [3.8, 4) is 5.75 Å². The highest BCUT2D eigenvalue weighted by Crippen LogP contribution is 2.23. The van der Waals surface area contributed by atoms with E-state index in [1.165, 1.54) is 0 Å². The number of anilines is 1. The molecule has 0 aliphatic carbocycles. The van der Waals surface area contributed by atoms with Gasteiger partial charge >= 0.3 is 6.09 Å². The Morgan fingerprint density at radius 2 is 1.92 bits per heavy atom. The fraction of sp³-hybridized carbons (Fsp3) is 0.579. The summed E-state index contributed by atoms with van der Waals surface area (Å²) in [6.45, 7) is 6.85. The second-order valence-electron chi connectivity index (χ2n) is 7.40. The molecule has 0 unspecified atom stereocenters. The molecule has 6 heteroatoms. The fourth-order valence-corrected chi connectivity index (χ4v) is 2.82. The third kappa shape index (κ3) is 6.29. The summed E-state index contributed by atoms with van der Waals surface area (Å²) in [6, 6.07) is 7.31. The standard InChI is InChI=1S/C19H28N2O4/c1-19(2,3)25-18(23)21-10-8-14(9-11-21)12-17(22)20-15-6-5-7-16(13-15)24-4/h5-7,13-14H,8-12H2,1-4H3,(H,20,22). The van der Waals surface area contributed by atoms with Crippen molar-refractivity contribution < 1.29 is 19.1 Å². The molecular weight excluding hydrogens is 320 g/mol. The molecule has 1 aromatic carbocycles. The molecule has 0 aromatic heterocycles. The van der Waals surface area contributed by atoms with Gasteiger partial charge in [0.1, 0.15) is 11.4 Å². The van der Waals surface area contributed by atoms with Crippen LogP contribution in [0.15, 0.2) is 24.3 Å². The van der Waals surface area contributed by atoms with Crippen LogP contribution < -0.4 is 10.1 Å². The Morgan fingerprint density at radius 1 is 1.24 bits per heavy atom. The van der Waals surface area contributed by atoms with E-state index < -0.39 is 5.60 Å². The summed E-state index contributed by atoms with van der Waals surface area (Å²) in [5.74, 6) is 0.983. The first-order chi connectivity index (χ1) is 11.8. The van der Waals surface area contributed by atoms with Crippen LogP contribution in [0.5, 0.6) is 5.75 Å². The van der Waals surface area contributed by atoms with Crippen LogP contribution in [0.25, 0.3) is 0 Å².